The summed E-state index contributed by atoms with van der Waals surface area (Å²) < 4.78 is 28.1. The molecule has 2 aromatic rings. The third-order valence-electron chi connectivity index (χ3n) is 2.82. The van der Waals surface area contributed by atoms with Crippen molar-refractivity contribution in [1.29, 1.82) is 0 Å². The van der Waals surface area contributed by atoms with Crippen molar-refractivity contribution in [2.75, 3.05) is 0 Å². The molecule has 2 rings (SSSR count). The van der Waals surface area contributed by atoms with E-state index < -0.39 is 17.7 Å². The largest absolute Gasteiger partial charge is 0.383 e. The molecule has 1 aromatic carbocycles. The molecule has 1 atom stereocenters. The quantitative estimate of drug-likeness (QED) is 0.870. The maximum absolute atomic E-state index is 13.5. The van der Waals surface area contributed by atoms with Crippen molar-refractivity contribution in [1.82, 2.24) is 9.78 Å². The Morgan fingerprint density at radius 3 is 2.59 bits per heavy atom. The van der Waals surface area contributed by atoms with Crippen molar-refractivity contribution in [2.45, 2.75) is 13.0 Å². The van der Waals surface area contributed by atoms with E-state index >= 15 is 0 Å². The van der Waals surface area contributed by atoms with Gasteiger partial charge >= 0.3 is 0 Å². The van der Waals surface area contributed by atoms with Crippen molar-refractivity contribution in [3.63, 3.8) is 0 Å². The Kier molecular flexibility index (Phi) is 2.93. The number of aryl methyl sites for hydroxylation is 1. The standard InChI is InChI=1S/C12H12F2N2O/c1-7-10(6-15-16(7)2)12(17)9-5-8(13)3-4-11(9)14/h3-6,12,17H,1-2H3. The second kappa shape index (κ2) is 4.25. The van der Waals surface area contributed by atoms with Crippen LogP contribution >= 0.6 is 0 Å². The van der Waals surface area contributed by atoms with Crippen LogP contribution < -0.4 is 0 Å². The molecule has 0 aliphatic heterocycles. The molecule has 90 valence electrons. The first-order chi connectivity index (χ1) is 8.00. The van der Waals surface area contributed by atoms with Crippen LogP contribution in [-0.4, -0.2) is 14.9 Å². The fraction of sp³-hybridized carbons (Fsp3) is 0.250. The first-order valence-corrected chi connectivity index (χ1v) is 5.12. The Morgan fingerprint density at radius 2 is 2.00 bits per heavy atom. The minimum atomic E-state index is -1.21. The van der Waals surface area contributed by atoms with Gasteiger partial charge in [-0.25, -0.2) is 8.78 Å². The first kappa shape index (κ1) is 11.7. The van der Waals surface area contributed by atoms with E-state index in [2.05, 4.69) is 5.10 Å². The number of aliphatic hydroxyl groups excluding tert-OH is 1. The molecule has 0 amide bonds. The monoisotopic (exact) mass is 238 g/mol. The summed E-state index contributed by atoms with van der Waals surface area (Å²) in [6.45, 7) is 1.75. The van der Waals surface area contributed by atoms with Crippen molar-refractivity contribution < 1.29 is 13.9 Å². The summed E-state index contributed by atoms with van der Waals surface area (Å²) in [5.74, 6) is -1.22. The lowest BCUT2D eigenvalue weighted by Gasteiger charge is -2.11. The van der Waals surface area contributed by atoms with Gasteiger partial charge in [-0.15, -0.1) is 0 Å². The van der Waals surface area contributed by atoms with E-state index in [-0.39, 0.29) is 5.56 Å². The number of hydrogen-bond acceptors (Lipinski definition) is 2. The minimum Gasteiger partial charge on any atom is -0.383 e. The molecule has 0 bridgehead atoms. The molecule has 1 aromatic heterocycles. The maximum Gasteiger partial charge on any atom is 0.129 e. The number of aliphatic hydroxyl groups is 1. The second-order valence-electron chi connectivity index (χ2n) is 3.88. The van der Waals surface area contributed by atoms with Gasteiger partial charge < -0.3 is 5.11 Å². The van der Waals surface area contributed by atoms with Crippen LogP contribution in [-0.2, 0) is 7.05 Å². The van der Waals surface area contributed by atoms with Gasteiger partial charge in [0.2, 0.25) is 0 Å². The maximum atomic E-state index is 13.5. The van der Waals surface area contributed by atoms with Crippen LogP contribution in [0.5, 0.6) is 0 Å². The molecular formula is C12H12F2N2O. The van der Waals surface area contributed by atoms with E-state index in [9.17, 15) is 13.9 Å². The van der Waals surface area contributed by atoms with Crippen LogP contribution in [0.2, 0.25) is 0 Å². The molecule has 1 N–H and O–H groups in total. The molecule has 1 unspecified atom stereocenters. The average molecular weight is 238 g/mol. The lowest BCUT2D eigenvalue weighted by Crippen LogP contribution is -2.05. The zero-order valence-corrected chi connectivity index (χ0v) is 9.48. The number of aromatic nitrogens is 2. The van der Waals surface area contributed by atoms with Crippen molar-refractivity contribution >= 4 is 0 Å². The minimum absolute atomic E-state index is 0.0823. The Bertz CT molecular complexity index is 551. The molecule has 0 aliphatic rings. The van der Waals surface area contributed by atoms with Crippen molar-refractivity contribution in [2.24, 2.45) is 7.05 Å². The number of halogens is 2. The highest BCUT2D eigenvalue weighted by molar-refractivity contribution is 5.32. The van der Waals surface area contributed by atoms with Crippen molar-refractivity contribution in [3.8, 4) is 0 Å². The van der Waals surface area contributed by atoms with E-state index in [1.165, 1.54) is 6.20 Å². The fourth-order valence-corrected chi connectivity index (χ4v) is 1.68. The highest BCUT2D eigenvalue weighted by Gasteiger charge is 2.19. The molecule has 3 nitrogen and oxygen atoms in total. The summed E-state index contributed by atoms with van der Waals surface area (Å²) in [6, 6.07) is 3.01. The average Bonchev–Trinajstić information content (AvgIpc) is 2.62. The van der Waals surface area contributed by atoms with Gasteiger partial charge in [-0.2, -0.15) is 5.10 Å². The highest BCUT2D eigenvalue weighted by Crippen LogP contribution is 2.26. The van der Waals surface area contributed by atoms with E-state index in [1.54, 1.807) is 18.7 Å². The number of hydrogen-bond donors (Lipinski definition) is 1. The molecule has 0 aliphatic carbocycles. The number of rotatable bonds is 2. The zero-order valence-electron chi connectivity index (χ0n) is 9.48. The molecule has 0 radical (unpaired) electrons. The summed E-state index contributed by atoms with van der Waals surface area (Å²) in [6.07, 6.45) is 0.240. The van der Waals surface area contributed by atoms with E-state index in [1.807, 2.05) is 0 Å². The smallest absolute Gasteiger partial charge is 0.129 e. The van der Waals surface area contributed by atoms with Crippen molar-refractivity contribution in [3.05, 3.63) is 52.9 Å². The third kappa shape index (κ3) is 2.06. The number of benzene rings is 1. The van der Waals surface area contributed by atoms with Gasteiger partial charge in [0.05, 0.1) is 6.20 Å². The summed E-state index contributed by atoms with van der Waals surface area (Å²) in [7, 11) is 1.72. The Hall–Kier alpha value is -1.75. The van der Waals surface area contributed by atoms with Gasteiger partial charge in [0, 0.05) is 23.9 Å². The van der Waals surface area contributed by atoms with E-state index in [0.717, 1.165) is 18.2 Å². The van der Waals surface area contributed by atoms with Gasteiger partial charge in [0.25, 0.3) is 0 Å². The number of nitrogens with zero attached hydrogens (tertiary/aromatic N) is 2. The highest BCUT2D eigenvalue weighted by atomic mass is 19.1. The van der Waals surface area contributed by atoms with E-state index in [4.69, 9.17) is 0 Å². The lowest BCUT2D eigenvalue weighted by molar-refractivity contribution is 0.213. The lowest BCUT2D eigenvalue weighted by atomic mass is 10.0. The summed E-state index contributed by atoms with van der Waals surface area (Å²) in [5, 5.41) is 14.0. The SMILES string of the molecule is Cc1c(C(O)c2cc(F)ccc2F)cnn1C. The van der Waals surface area contributed by atoms with Gasteiger partial charge in [0.1, 0.15) is 17.7 Å². The van der Waals surface area contributed by atoms with Gasteiger partial charge in [-0.05, 0) is 25.1 Å². The fourth-order valence-electron chi connectivity index (χ4n) is 1.68. The summed E-state index contributed by atoms with van der Waals surface area (Å²) >= 11 is 0. The third-order valence-corrected chi connectivity index (χ3v) is 2.82. The Morgan fingerprint density at radius 1 is 1.29 bits per heavy atom. The van der Waals surface area contributed by atoms with E-state index in [0.29, 0.717) is 11.3 Å². The summed E-state index contributed by atoms with van der Waals surface area (Å²) in [5.41, 5.74) is 1.10. The molecule has 0 saturated carbocycles. The Balaban J connectivity index is 2.47. The van der Waals surface area contributed by atoms with Gasteiger partial charge in [-0.1, -0.05) is 0 Å². The summed E-state index contributed by atoms with van der Waals surface area (Å²) in [4.78, 5) is 0. The molecule has 5 heteroatoms. The van der Waals surface area contributed by atoms with Crippen LogP contribution in [0, 0.1) is 18.6 Å². The first-order valence-electron chi connectivity index (χ1n) is 5.12. The van der Waals surface area contributed by atoms with Crippen LogP contribution in [0.4, 0.5) is 8.78 Å². The van der Waals surface area contributed by atoms with Crippen LogP contribution in [0.3, 0.4) is 0 Å². The van der Waals surface area contributed by atoms with Crippen LogP contribution in [0.1, 0.15) is 22.9 Å². The normalized spacial score (nSPS) is 12.8. The van der Waals surface area contributed by atoms with Crippen LogP contribution in [0.15, 0.2) is 24.4 Å². The molecule has 17 heavy (non-hydrogen) atoms. The predicted octanol–water partition coefficient (Wildman–Crippen LogP) is 2.09. The second-order valence-corrected chi connectivity index (χ2v) is 3.88. The molecule has 1 heterocycles. The molecule has 0 saturated heterocycles. The zero-order chi connectivity index (χ0) is 12.6. The predicted molar refractivity (Wildman–Crippen MR) is 58.4 cm³/mol. The van der Waals surface area contributed by atoms with Crippen LogP contribution in [0.25, 0.3) is 0 Å². The molecule has 0 spiro atoms. The molecular weight excluding hydrogens is 226 g/mol. The molecule has 0 fully saturated rings. The topological polar surface area (TPSA) is 38.1 Å². The van der Waals surface area contributed by atoms with Gasteiger partial charge in [0.15, 0.2) is 0 Å². The van der Waals surface area contributed by atoms with Gasteiger partial charge in [-0.3, -0.25) is 4.68 Å². The Labute approximate surface area is 97.3 Å².